The zero-order valence-electron chi connectivity index (χ0n) is 16.3. The second kappa shape index (κ2) is 8.41. The van der Waals surface area contributed by atoms with Crippen LogP contribution < -0.4 is 5.32 Å². The molecule has 0 radical (unpaired) electrons. The first-order valence-corrected chi connectivity index (χ1v) is 10.3. The summed E-state index contributed by atoms with van der Waals surface area (Å²) < 4.78 is 5.38. The van der Waals surface area contributed by atoms with Gasteiger partial charge in [0.05, 0.1) is 9.75 Å². The quantitative estimate of drug-likeness (QED) is 0.476. The van der Waals surface area contributed by atoms with Gasteiger partial charge in [-0.05, 0) is 48.7 Å². The number of rotatable bonds is 6. The molecule has 6 heteroatoms. The number of aryl methyl sites for hydroxylation is 2. The molecule has 1 N–H and O–H groups in total. The number of benzene rings is 2. The van der Waals surface area contributed by atoms with E-state index in [1.807, 2.05) is 49.4 Å². The lowest BCUT2D eigenvalue weighted by atomic mass is 10.1. The van der Waals surface area contributed by atoms with Crippen LogP contribution in [0.4, 0.5) is 0 Å². The van der Waals surface area contributed by atoms with E-state index < -0.39 is 0 Å². The van der Waals surface area contributed by atoms with Gasteiger partial charge in [-0.15, -0.1) is 11.3 Å². The van der Waals surface area contributed by atoms with Crippen molar-refractivity contribution in [3.63, 3.8) is 0 Å². The van der Waals surface area contributed by atoms with Crippen LogP contribution in [0.5, 0.6) is 0 Å². The van der Waals surface area contributed by atoms with Crippen molar-refractivity contribution in [2.24, 2.45) is 0 Å². The fourth-order valence-electron chi connectivity index (χ4n) is 2.88. The Bertz CT molecular complexity index is 1110. The lowest BCUT2D eigenvalue weighted by Gasteiger charge is -2.04. The van der Waals surface area contributed by atoms with Gasteiger partial charge in [0.25, 0.3) is 11.8 Å². The van der Waals surface area contributed by atoms with Crippen LogP contribution in [0.25, 0.3) is 22.2 Å². The summed E-state index contributed by atoms with van der Waals surface area (Å²) in [6.07, 6.45) is 1.01. The zero-order valence-corrected chi connectivity index (χ0v) is 17.1. The van der Waals surface area contributed by atoms with E-state index in [9.17, 15) is 4.79 Å². The summed E-state index contributed by atoms with van der Waals surface area (Å²) in [7, 11) is 0. The summed E-state index contributed by atoms with van der Waals surface area (Å²) in [6.45, 7) is 4.65. The molecule has 0 aliphatic carbocycles. The van der Waals surface area contributed by atoms with Crippen LogP contribution in [0.15, 0.2) is 65.2 Å². The van der Waals surface area contributed by atoms with Gasteiger partial charge in [-0.3, -0.25) is 4.79 Å². The SMILES string of the molecule is CCc1ccc(CNC(=O)c2ccc(-c3noc(-c4ccc(C)cc4)n3)s2)cc1. The minimum Gasteiger partial charge on any atom is -0.347 e. The summed E-state index contributed by atoms with van der Waals surface area (Å²) in [5.74, 6) is 0.845. The molecule has 0 bridgehead atoms. The highest BCUT2D eigenvalue weighted by Crippen LogP contribution is 2.28. The molecule has 0 saturated carbocycles. The molecule has 2 aromatic carbocycles. The molecular weight excluding hydrogens is 382 g/mol. The third-order valence-electron chi connectivity index (χ3n) is 4.66. The average Bonchev–Trinajstić information content (AvgIpc) is 3.43. The number of amides is 1. The average molecular weight is 404 g/mol. The van der Waals surface area contributed by atoms with Crippen LogP contribution in [0.3, 0.4) is 0 Å². The Morgan fingerprint density at radius 1 is 1.00 bits per heavy atom. The Labute approximate surface area is 173 Å². The summed E-state index contributed by atoms with van der Waals surface area (Å²) in [4.78, 5) is 18.4. The molecule has 5 nitrogen and oxygen atoms in total. The standard InChI is InChI=1S/C23H21N3O2S/c1-3-16-6-8-17(9-7-16)14-24-22(27)20-13-12-19(29-20)21-25-23(28-26-21)18-10-4-15(2)5-11-18/h4-13H,3,14H2,1-2H3,(H,24,27). The van der Waals surface area contributed by atoms with Gasteiger partial charge in [-0.2, -0.15) is 4.98 Å². The third-order valence-corrected chi connectivity index (χ3v) is 5.74. The first kappa shape index (κ1) is 19.1. The maximum Gasteiger partial charge on any atom is 0.261 e. The van der Waals surface area contributed by atoms with Crippen molar-refractivity contribution in [1.82, 2.24) is 15.5 Å². The summed E-state index contributed by atoms with van der Waals surface area (Å²) >= 11 is 1.35. The lowest BCUT2D eigenvalue weighted by Crippen LogP contribution is -2.21. The number of hydrogen-bond donors (Lipinski definition) is 1. The first-order chi connectivity index (χ1) is 14.1. The van der Waals surface area contributed by atoms with E-state index in [2.05, 4.69) is 34.5 Å². The minimum absolute atomic E-state index is 0.108. The summed E-state index contributed by atoms with van der Waals surface area (Å²) in [5.41, 5.74) is 4.41. The topological polar surface area (TPSA) is 68.0 Å². The molecule has 4 aromatic rings. The van der Waals surface area contributed by atoms with Crippen LogP contribution in [0.2, 0.25) is 0 Å². The van der Waals surface area contributed by atoms with Crippen molar-refractivity contribution < 1.29 is 9.32 Å². The number of aromatic nitrogens is 2. The fourth-order valence-corrected chi connectivity index (χ4v) is 3.73. The Kier molecular flexibility index (Phi) is 5.53. The van der Waals surface area contributed by atoms with E-state index >= 15 is 0 Å². The maximum atomic E-state index is 12.5. The van der Waals surface area contributed by atoms with Crippen LogP contribution in [0.1, 0.15) is 33.3 Å². The number of nitrogens with one attached hydrogen (secondary N) is 1. The molecule has 4 rings (SSSR count). The van der Waals surface area contributed by atoms with Gasteiger partial charge in [-0.25, -0.2) is 0 Å². The van der Waals surface area contributed by atoms with Crippen molar-refractivity contribution in [3.8, 4) is 22.2 Å². The summed E-state index contributed by atoms with van der Waals surface area (Å²) in [6, 6.07) is 19.8. The van der Waals surface area contributed by atoms with Gasteiger partial charge in [0.2, 0.25) is 5.82 Å². The minimum atomic E-state index is -0.108. The van der Waals surface area contributed by atoms with Crippen LogP contribution in [-0.2, 0) is 13.0 Å². The molecular formula is C23H21N3O2S. The number of carbonyl (C=O) groups is 1. The van der Waals surface area contributed by atoms with E-state index in [1.165, 1.54) is 22.5 Å². The van der Waals surface area contributed by atoms with Gasteiger partial charge >= 0.3 is 0 Å². The molecule has 0 fully saturated rings. The normalized spacial score (nSPS) is 10.8. The van der Waals surface area contributed by atoms with E-state index in [4.69, 9.17) is 4.52 Å². The molecule has 0 aliphatic rings. The van der Waals surface area contributed by atoms with E-state index in [0.29, 0.717) is 23.1 Å². The van der Waals surface area contributed by atoms with E-state index in [0.717, 1.165) is 22.4 Å². The van der Waals surface area contributed by atoms with E-state index in [-0.39, 0.29) is 5.91 Å². The fraction of sp³-hybridized carbons (Fsp3) is 0.174. The van der Waals surface area contributed by atoms with Crippen molar-refractivity contribution in [2.75, 3.05) is 0 Å². The Balaban J connectivity index is 1.42. The van der Waals surface area contributed by atoms with Crippen LogP contribution in [-0.4, -0.2) is 16.0 Å². The Hall–Kier alpha value is -3.25. The molecule has 0 saturated heterocycles. The molecule has 2 aromatic heterocycles. The Morgan fingerprint density at radius 3 is 2.45 bits per heavy atom. The largest absolute Gasteiger partial charge is 0.347 e. The van der Waals surface area contributed by atoms with Crippen molar-refractivity contribution in [2.45, 2.75) is 26.8 Å². The predicted octanol–water partition coefficient (Wildman–Crippen LogP) is 5.27. The summed E-state index contributed by atoms with van der Waals surface area (Å²) in [5, 5.41) is 7.02. The first-order valence-electron chi connectivity index (χ1n) is 9.49. The molecule has 29 heavy (non-hydrogen) atoms. The monoisotopic (exact) mass is 403 g/mol. The molecule has 0 unspecified atom stereocenters. The van der Waals surface area contributed by atoms with Gasteiger partial charge in [0, 0.05) is 12.1 Å². The second-order valence-electron chi connectivity index (χ2n) is 6.81. The van der Waals surface area contributed by atoms with Crippen molar-refractivity contribution in [3.05, 3.63) is 82.2 Å². The molecule has 2 heterocycles. The van der Waals surface area contributed by atoms with Crippen molar-refractivity contribution in [1.29, 1.82) is 0 Å². The third kappa shape index (κ3) is 4.43. The number of hydrogen-bond acceptors (Lipinski definition) is 5. The van der Waals surface area contributed by atoms with Crippen molar-refractivity contribution >= 4 is 17.2 Å². The molecule has 0 atom stereocenters. The lowest BCUT2D eigenvalue weighted by molar-refractivity contribution is 0.0955. The van der Waals surface area contributed by atoms with Crippen LogP contribution in [0, 0.1) is 6.92 Å². The second-order valence-corrected chi connectivity index (χ2v) is 7.89. The highest BCUT2D eigenvalue weighted by atomic mass is 32.1. The number of thiophene rings is 1. The molecule has 146 valence electrons. The Morgan fingerprint density at radius 2 is 1.72 bits per heavy atom. The smallest absolute Gasteiger partial charge is 0.261 e. The van der Waals surface area contributed by atoms with Gasteiger partial charge < -0.3 is 9.84 Å². The zero-order chi connectivity index (χ0) is 20.2. The number of nitrogens with zero attached hydrogens (tertiary/aromatic N) is 2. The maximum absolute atomic E-state index is 12.5. The molecule has 0 spiro atoms. The van der Waals surface area contributed by atoms with Crippen LogP contribution >= 0.6 is 11.3 Å². The predicted molar refractivity (Wildman–Crippen MR) is 115 cm³/mol. The van der Waals surface area contributed by atoms with Gasteiger partial charge in [0.15, 0.2) is 0 Å². The van der Waals surface area contributed by atoms with Gasteiger partial charge in [0.1, 0.15) is 0 Å². The van der Waals surface area contributed by atoms with E-state index in [1.54, 1.807) is 6.07 Å². The molecule has 1 amide bonds. The molecule has 0 aliphatic heterocycles. The van der Waals surface area contributed by atoms with Gasteiger partial charge in [-0.1, -0.05) is 54.0 Å². The highest BCUT2D eigenvalue weighted by Gasteiger charge is 2.15. The highest BCUT2D eigenvalue weighted by molar-refractivity contribution is 7.17. The number of carbonyl (C=O) groups excluding carboxylic acids is 1.